The first kappa shape index (κ1) is 11.0. The van der Waals surface area contributed by atoms with Gasteiger partial charge in [-0.3, -0.25) is 9.59 Å². The highest BCUT2D eigenvalue weighted by atomic mass is 16.5. The lowest BCUT2D eigenvalue weighted by molar-refractivity contribution is -0.140. The molecule has 1 aromatic rings. The van der Waals surface area contributed by atoms with Crippen molar-refractivity contribution in [2.24, 2.45) is 0 Å². The minimum Gasteiger partial charge on any atom is -0.468 e. The standard InChI is InChI=1S/C10H11NO4/c1-14-10(13)7-11-9(12)5-4-8-3-2-6-15-8/h2-6H,7H2,1H3,(H,11,12). The van der Waals surface area contributed by atoms with Crippen LogP contribution in [-0.2, 0) is 14.3 Å². The summed E-state index contributed by atoms with van der Waals surface area (Å²) >= 11 is 0. The second-order valence-electron chi connectivity index (χ2n) is 2.64. The third-order valence-corrected chi connectivity index (χ3v) is 1.58. The largest absolute Gasteiger partial charge is 0.468 e. The first-order valence-electron chi connectivity index (χ1n) is 4.28. The SMILES string of the molecule is COC(=O)CNC(=O)C=Cc1ccco1. The molecule has 0 saturated heterocycles. The van der Waals surface area contributed by atoms with Gasteiger partial charge in [-0.2, -0.15) is 0 Å². The van der Waals surface area contributed by atoms with Gasteiger partial charge in [-0.15, -0.1) is 0 Å². The molecule has 80 valence electrons. The zero-order valence-corrected chi connectivity index (χ0v) is 8.23. The Morgan fingerprint density at radius 2 is 2.40 bits per heavy atom. The van der Waals surface area contributed by atoms with E-state index in [4.69, 9.17) is 4.42 Å². The maximum Gasteiger partial charge on any atom is 0.325 e. The van der Waals surface area contributed by atoms with E-state index in [1.54, 1.807) is 12.1 Å². The van der Waals surface area contributed by atoms with Crippen LogP contribution in [0.2, 0.25) is 0 Å². The van der Waals surface area contributed by atoms with Gasteiger partial charge in [0.15, 0.2) is 0 Å². The number of carbonyl (C=O) groups is 2. The lowest BCUT2D eigenvalue weighted by Gasteiger charge is -1.98. The molecule has 1 heterocycles. The fraction of sp³-hybridized carbons (Fsp3) is 0.200. The summed E-state index contributed by atoms with van der Waals surface area (Å²) in [4.78, 5) is 21.8. The second-order valence-corrected chi connectivity index (χ2v) is 2.64. The van der Waals surface area contributed by atoms with Crippen molar-refractivity contribution in [3.05, 3.63) is 30.2 Å². The lowest BCUT2D eigenvalue weighted by atomic mass is 10.4. The molecule has 0 radical (unpaired) electrons. The Morgan fingerprint density at radius 1 is 1.60 bits per heavy atom. The molecule has 0 atom stereocenters. The van der Waals surface area contributed by atoms with Gasteiger partial charge in [0.2, 0.25) is 5.91 Å². The molecule has 0 aliphatic carbocycles. The van der Waals surface area contributed by atoms with Crippen LogP contribution in [-0.4, -0.2) is 25.5 Å². The van der Waals surface area contributed by atoms with Gasteiger partial charge in [0.25, 0.3) is 0 Å². The third-order valence-electron chi connectivity index (χ3n) is 1.58. The van der Waals surface area contributed by atoms with Crippen LogP contribution in [0.1, 0.15) is 5.76 Å². The van der Waals surface area contributed by atoms with E-state index in [1.807, 2.05) is 0 Å². The van der Waals surface area contributed by atoms with Gasteiger partial charge in [0.05, 0.1) is 13.4 Å². The van der Waals surface area contributed by atoms with Crippen molar-refractivity contribution in [3.8, 4) is 0 Å². The number of amides is 1. The number of hydrogen-bond acceptors (Lipinski definition) is 4. The number of hydrogen-bond donors (Lipinski definition) is 1. The van der Waals surface area contributed by atoms with Crippen molar-refractivity contribution >= 4 is 18.0 Å². The summed E-state index contributed by atoms with van der Waals surface area (Å²) in [5.41, 5.74) is 0. The number of ether oxygens (including phenoxy) is 1. The molecule has 5 nitrogen and oxygen atoms in total. The van der Waals surface area contributed by atoms with Gasteiger partial charge in [-0.05, 0) is 18.2 Å². The highest BCUT2D eigenvalue weighted by molar-refractivity contribution is 5.93. The third kappa shape index (κ3) is 4.12. The normalized spacial score (nSPS) is 10.2. The minimum atomic E-state index is -0.491. The van der Waals surface area contributed by atoms with Gasteiger partial charge in [0.1, 0.15) is 12.3 Å². The number of esters is 1. The fourth-order valence-corrected chi connectivity index (χ4v) is 0.834. The van der Waals surface area contributed by atoms with Gasteiger partial charge in [-0.25, -0.2) is 0 Å². The molecule has 15 heavy (non-hydrogen) atoms. The Balaban J connectivity index is 2.33. The summed E-state index contributed by atoms with van der Waals surface area (Å²) in [7, 11) is 1.26. The first-order chi connectivity index (χ1) is 7.22. The van der Waals surface area contributed by atoms with Crippen molar-refractivity contribution in [1.82, 2.24) is 5.32 Å². The number of rotatable bonds is 4. The minimum absolute atomic E-state index is 0.141. The quantitative estimate of drug-likeness (QED) is 0.581. The summed E-state index contributed by atoms with van der Waals surface area (Å²) in [5, 5.41) is 2.35. The molecule has 0 aromatic carbocycles. The van der Waals surface area contributed by atoms with E-state index in [2.05, 4.69) is 10.1 Å². The highest BCUT2D eigenvalue weighted by Crippen LogP contribution is 2.01. The predicted molar refractivity (Wildman–Crippen MR) is 52.8 cm³/mol. The van der Waals surface area contributed by atoms with Gasteiger partial charge in [0, 0.05) is 6.08 Å². The summed E-state index contributed by atoms with van der Waals surface area (Å²) in [6, 6.07) is 3.43. The van der Waals surface area contributed by atoms with Crippen molar-refractivity contribution in [2.45, 2.75) is 0 Å². The van der Waals surface area contributed by atoms with E-state index in [0.717, 1.165) is 0 Å². The topological polar surface area (TPSA) is 68.5 Å². The Labute approximate surface area is 86.7 Å². The maximum absolute atomic E-state index is 11.1. The number of carbonyl (C=O) groups excluding carboxylic acids is 2. The van der Waals surface area contributed by atoms with E-state index < -0.39 is 5.97 Å². The Morgan fingerprint density at radius 3 is 3.00 bits per heavy atom. The molecular weight excluding hydrogens is 198 g/mol. The van der Waals surface area contributed by atoms with Crippen LogP contribution in [0.4, 0.5) is 0 Å². The van der Waals surface area contributed by atoms with Crippen LogP contribution in [0, 0.1) is 0 Å². The summed E-state index contributed by atoms with van der Waals surface area (Å²) in [6.07, 6.45) is 4.29. The van der Waals surface area contributed by atoms with Crippen molar-refractivity contribution in [2.75, 3.05) is 13.7 Å². The molecule has 0 aliphatic heterocycles. The molecule has 0 bridgehead atoms. The number of nitrogens with one attached hydrogen (secondary N) is 1. The van der Waals surface area contributed by atoms with Crippen molar-refractivity contribution < 1.29 is 18.7 Å². The Bertz CT molecular complexity index is 354. The average Bonchev–Trinajstić information content (AvgIpc) is 2.75. The maximum atomic E-state index is 11.1. The summed E-state index contributed by atoms with van der Waals surface area (Å²) < 4.78 is 9.33. The van der Waals surface area contributed by atoms with Crippen LogP contribution in [0.3, 0.4) is 0 Å². The smallest absolute Gasteiger partial charge is 0.325 e. The van der Waals surface area contributed by atoms with Crippen LogP contribution in [0.25, 0.3) is 6.08 Å². The Kier molecular flexibility index (Phi) is 4.15. The van der Waals surface area contributed by atoms with Gasteiger partial charge < -0.3 is 14.5 Å². The summed E-state index contributed by atoms with van der Waals surface area (Å²) in [5.74, 6) is -0.297. The van der Waals surface area contributed by atoms with E-state index in [9.17, 15) is 9.59 Å². The van der Waals surface area contributed by atoms with Crippen LogP contribution in [0.5, 0.6) is 0 Å². The molecule has 1 amide bonds. The molecule has 1 N–H and O–H groups in total. The predicted octanol–water partition coefficient (Wildman–Crippen LogP) is 0.582. The van der Waals surface area contributed by atoms with Crippen LogP contribution >= 0.6 is 0 Å². The van der Waals surface area contributed by atoms with Crippen molar-refractivity contribution in [1.29, 1.82) is 0 Å². The molecule has 0 unspecified atom stereocenters. The molecular formula is C10H11NO4. The molecule has 0 fully saturated rings. The molecule has 0 spiro atoms. The monoisotopic (exact) mass is 209 g/mol. The zero-order chi connectivity index (χ0) is 11.1. The first-order valence-corrected chi connectivity index (χ1v) is 4.28. The molecule has 0 saturated carbocycles. The Hall–Kier alpha value is -2.04. The van der Waals surface area contributed by atoms with Gasteiger partial charge in [-0.1, -0.05) is 0 Å². The summed E-state index contributed by atoms with van der Waals surface area (Å²) in [6.45, 7) is -0.141. The number of furan rings is 1. The highest BCUT2D eigenvalue weighted by Gasteiger charge is 2.01. The zero-order valence-electron chi connectivity index (χ0n) is 8.23. The van der Waals surface area contributed by atoms with Gasteiger partial charge >= 0.3 is 5.97 Å². The fourth-order valence-electron chi connectivity index (χ4n) is 0.834. The van der Waals surface area contributed by atoms with E-state index in [0.29, 0.717) is 5.76 Å². The van der Waals surface area contributed by atoms with Crippen molar-refractivity contribution in [3.63, 3.8) is 0 Å². The van der Waals surface area contributed by atoms with Crippen LogP contribution < -0.4 is 5.32 Å². The molecule has 1 rings (SSSR count). The average molecular weight is 209 g/mol. The molecule has 1 aromatic heterocycles. The molecule has 5 heteroatoms. The van der Waals surface area contributed by atoms with E-state index in [-0.39, 0.29) is 12.5 Å². The van der Waals surface area contributed by atoms with Crippen LogP contribution in [0.15, 0.2) is 28.9 Å². The molecule has 0 aliphatic rings. The van der Waals surface area contributed by atoms with E-state index in [1.165, 1.54) is 25.5 Å². The lowest BCUT2D eigenvalue weighted by Crippen LogP contribution is -2.28. The van der Waals surface area contributed by atoms with E-state index >= 15 is 0 Å². The number of methoxy groups -OCH3 is 1. The second kappa shape index (κ2) is 5.64.